The molecule has 1 fully saturated rings. The minimum atomic E-state index is 0.0796. The van der Waals surface area contributed by atoms with Gasteiger partial charge in [0.2, 0.25) is 0 Å². The van der Waals surface area contributed by atoms with Crippen LogP contribution in [0.2, 0.25) is 5.02 Å². The fraction of sp³-hybridized carbons (Fsp3) is 0.409. The highest BCUT2D eigenvalue weighted by Crippen LogP contribution is 2.27. The van der Waals surface area contributed by atoms with E-state index in [2.05, 4.69) is 17.4 Å². The zero-order chi connectivity index (χ0) is 20.6. The number of rotatable bonds is 8. The van der Waals surface area contributed by atoms with E-state index in [1.165, 1.54) is 10.5 Å². The molecule has 0 bridgehead atoms. The standard InChI is InChI=1S/C22H28ClN3O3/c1-28-20-8-5-18(13-21(20)29-2)14-24-22(27)16-26-11-9-25(10-12-26)15-17-3-6-19(23)7-4-17/h3-8,13H,9-12,14-16H2,1-2H3,(H,24,27)/p+2. The maximum Gasteiger partial charge on any atom is 0.275 e. The van der Waals surface area contributed by atoms with Gasteiger partial charge in [-0.1, -0.05) is 29.8 Å². The molecule has 1 amide bonds. The van der Waals surface area contributed by atoms with Crippen molar-refractivity contribution < 1.29 is 24.1 Å². The van der Waals surface area contributed by atoms with Crippen LogP contribution in [-0.4, -0.2) is 52.9 Å². The van der Waals surface area contributed by atoms with E-state index in [0.717, 1.165) is 43.3 Å². The normalized spacial score (nSPS) is 18.9. The molecule has 0 radical (unpaired) electrons. The second-order valence-corrected chi connectivity index (χ2v) is 7.88. The molecule has 1 aliphatic heterocycles. The van der Waals surface area contributed by atoms with Crippen LogP contribution in [0.1, 0.15) is 11.1 Å². The van der Waals surface area contributed by atoms with Gasteiger partial charge in [-0.2, -0.15) is 0 Å². The van der Waals surface area contributed by atoms with Gasteiger partial charge in [0, 0.05) is 17.1 Å². The van der Waals surface area contributed by atoms with Crippen LogP contribution < -0.4 is 24.6 Å². The molecule has 0 aromatic heterocycles. The summed E-state index contributed by atoms with van der Waals surface area (Å²) < 4.78 is 10.6. The average Bonchev–Trinajstić information content (AvgIpc) is 2.75. The fourth-order valence-corrected chi connectivity index (χ4v) is 3.81. The number of hydrogen-bond donors (Lipinski definition) is 3. The molecule has 6 nitrogen and oxygen atoms in total. The smallest absolute Gasteiger partial charge is 0.275 e. The number of benzene rings is 2. The summed E-state index contributed by atoms with van der Waals surface area (Å²) in [5.41, 5.74) is 2.30. The Hall–Kier alpha value is -2.28. The molecule has 2 aromatic rings. The van der Waals surface area contributed by atoms with Crippen LogP contribution in [0.4, 0.5) is 0 Å². The number of nitrogens with one attached hydrogen (secondary N) is 3. The molecule has 0 saturated carbocycles. The van der Waals surface area contributed by atoms with Crippen LogP contribution in [0.3, 0.4) is 0 Å². The minimum Gasteiger partial charge on any atom is -0.493 e. The number of halogens is 1. The third-order valence-electron chi connectivity index (χ3n) is 5.38. The first-order valence-corrected chi connectivity index (χ1v) is 10.3. The SMILES string of the molecule is COc1ccc(CNC(=O)C[NH+]2CC[NH+](Cc3ccc(Cl)cc3)CC2)cc1OC. The number of quaternary nitrogens is 2. The van der Waals surface area contributed by atoms with E-state index in [1.54, 1.807) is 19.1 Å². The van der Waals surface area contributed by atoms with Crippen molar-refractivity contribution in [2.24, 2.45) is 0 Å². The quantitative estimate of drug-likeness (QED) is 0.562. The van der Waals surface area contributed by atoms with Crippen LogP contribution in [0.15, 0.2) is 42.5 Å². The average molecular weight is 420 g/mol. The number of hydrogen-bond acceptors (Lipinski definition) is 3. The van der Waals surface area contributed by atoms with E-state index in [9.17, 15) is 4.79 Å². The van der Waals surface area contributed by atoms with Crippen molar-refractivity contribution in [2.45, 2.75) is 13.1 Å². The Kier molecular flexibility index (Phi) is 7.75. The molecule has 7 heteroatoms. The summed E-state index contributed by atoms with van der Waals surface area (Å²) in [5.74, 6) is 1.44. The van der Waals surface area contributed by atoms with Gasteiger partial charge in [-0.05, 0) is 29.8 Å². The van der Waals surface area contributed by atoms with Crippen molar-refractivity contribution in [1.82, 2.24) is 5.32 Å². The molecule has 1 heterocycles. The topological polar surface area (TPSA) is 56.4 Å². The third kappa shape index (κ3) is 6.35. The van der Waals surface area contributed by atoms with Gasteiger partial charge >= 0.3 is 0 Å². The van der Waals surface area contributed by atoms with Gasteiger partial charge < -0.3 is 24.6 Å². The molecule has 29 heavy (non-hydrogen) atoms. The lowest BCUT2D eigenvalue weighted by atomic mass is 10.2. The van der Waals surface area contributed by atoms with Gasteiger partial charge in [0.25, 0.3) is 5.91 Å². The number of carbonyl (C=O) groups excluding carboxylic acids is 1. The summed E-state index contributed by atoms with van der Waals surface area (Å²) in [6.07, 6.45) is 0. The van der Waals surface area contributed by atoms with Crippen LogP contribution in [0, 0.1) is 0 Å². The summed E-state index contributed by atoms with van der Waals surface area (Å²) in [5, 5.41) is 3.79. The van der Waals surface area contributed by atoms with Gasteiger partial charge in [-0.15, -0.1) is 0 Å². The molecule has 156 valence electrons. The van der Waals surface area contributed by atoms with E-state index in [1.807, 2.05) is 30.3 Å². The zero-order valence-electron chi connectivity index (χ0n) is 17.1. The molecule has 0 unspecified atom stereocenters. The summed E-state index contributed by atoms with van der Waals surface area (Å²) in [6.45, 7) is 6.17. The molecule has 3 rings (SSSR count). The minimum absolute atomic E-state index is 0.0796. The summed E-state index contributed by atoms with van der Waals surface area (Å²) in [6, 6.07) is 13.8. The molecule has 0 aliphatic carbocycles. The van der Waals surface area contributed by atoms with Crippen molar-refractivity contribution in [1.29, 1.82) is 0 Å². The van der Waals surface area contributed by atoms with Crippen molar-refractivity contribution in [3.05, 3.63) is 58.6 Å². The van der Waals surface area contributed by atoms with Crippen LogP contribution >= 0.6 is 11.6 Å². The molecule has 2 aromatic carbocycles. The lowest BCUT2D eigenvalue weighted by Gasteiger charge is -2.29. The van der Waals surface area contributed by atoms with E-state index >= 15 is 0 Å². The van der Waals surface area contributed by atoms with E-state index in [-0.39, 0.29) is 5.91 Å². The highest BCUT2D eigenvalue weighted by Gasteiger charge is 2.24. The Morgan fingerprint density at radius 1 is 0.931 bits per heavy atom. The van der Waals surface area contributed by atoms with E-state index in [0.29, 0.717) is 24.6 Å². The first-order valence-electron chi connectivity index (χ1n) is 9.96. The Morgan fingerprint density at radius 3 is 2.21 bits per heavy atom. The largest absolute Gasteiger partial charge is 0.493 e. The maximum atomic E-state index is 12.4. The van der Waals surface area contributed by atoms with Crippen LogP contribution in [0.25, 0.3) is 0 Å². The monoisotopic (exact) mass is 419 g/mol. The van der Waals surface area contributed by atoms with Crippen molar-refractivity contribution >= 4 is 17.5 Å². The number of ether oxygens (including phenoxy) is 2. The second kappa shape index (κ2) is 10.5. The van der Waals surface area contributed by atoms with Gasteiger partial charge in [0.1, 0.15) is 32.7 Å². The number of amides is 1. The summed E-state index contributed by atoms with van der Waals surface area (Å²) in [4.78, 5) is 15.3. The molecule has 3 N–H and O–H groups in total. The Morgan fingerprint density at radius 2 is 1.55 bits per heavy atom. The first-order chi connectivity index (χ1) is 14.1. The summed E-state index contributed by atoms with van der Waals surface area (Å²) >= 11 is 5.96. The predicted molar refractivity (Wildman–Crippen MR) is 113 cm³/mol. The Bertz CT molecular complexity index is 805. The maximum absolute atomic E-state index is 12.4. The second-order valence-electron chi connectivity index (χ2n) is 7.45. The number of methoxy groups -OCH3 is 2. The third-order valence-corrected chi connectivity index (χ3v) is 5.63. The van der Waals surface area contributed by atoms with Crippen molar-refractivity contribution in [3.8, 4) is 11.5 Å². The van der Waals surface area contributed by atoms with E-state index < -0.39 is 0 Å². The number of piperazine rings is 1. The fourth-order valence-electron chi connectivity index (χ4n) is 3.68. The van der Waals surface area contributed by atoms with E-state index in [4.69, 9.17) is 21.1 Å². The molecule has 1 aliphatic rings. The molecular formula is C22H30ClN3O3+2. The highest BCUT2D eigenvalue weighted by atomic mass is 35.5. The van der Waals surface area contributed by atoms with Gasteiger partial charge in [-0.25, -0.2) is 0 Å². The molecular weight excluding hydrogens is 390 g/mol. The van der Waals surface area contributed by atoms with Crippen molar-refractivity contribution in [2.75, 3.05) is 46.9 Å². The van der Waals surface area contributed by atoms with Gasteiger partial charge in [0.05, 0.1) is 14.2 Å². The van der Waals surface area contributed by atoms with Crippen LogP contribution in [-0.2, 0) is 17.9 Å². The van der Waals surface area contributed by atoms with Crippen LogP contribution in [0.5, 0.6) is 11.5 Å². The lowest BCUT2D eigenvalue weighted by molar-refractivity contribution is -1.02. The Labute approximate surface area is 177 Å². The van der Waals surface area contributed by atoms with Gasteiger partial charge in [0.15, 0.2) is 18.0 Å². The molecule has 0 atom stereocenters. The predicted octanol–water partition coefficient (Wildman–Crippen LogP) is -0.0430. The van der Waals surface area contributed by atoms with Crippen molar-refractivity contribution in [3.63, 3.8) is 0 Å². The Balaban J connectivity index is 1.40. The highest BCUT2D eigenvalue weighted by molar-refractivity contribution is 6.30. The molecule has 1 saturated heterocycles. The van der Waals surface area contributed by atoms with Gasteiger partial charge in [-0.3, -0.25) is 4.79 Å². The molecule has 0 spiro atoms. The lowest BCUT2D eigenvalue weighted by Crippen LogP contribution is -3.28. The summed E-state index contributed by atoms with van der Waals surface area (Å²) in [7, 11) is 3.22. The number of carbonyl (C=O) groups is 1. The zero-order valence-corrected chi connectivity index (χ0v) is 17.8. The first kappa shape index (κ1) is 21.4.